The molecule has 9 nitrogen and oxygen atoms in total. The van der Waals surface area contributed by atoms with E-state index in [0.717, 1.165) is 11.1 Å². The Morgan fingerprint density at radius 1 is 0.829 bits per heavy atom. The average molecular weight is 572 g/mol. The Balaban J connectivity index is 1.84. The van der Waals surface area contributed by atoms with Crippen LogP contribution in [0.2, 0.25) is 0 Å². The molecule has 4 rings (SSSR count). The van der Waals surface area contributed by atoms with E-state index in [2.05, 4.69) is 4.72 Å². The van der Waals surface area contributed by atoms with E-state index in [-0.39, 0.29) is 30.2 Å². The summed E-state index contributed by atoms with van der Waals surface area (Å²) in [5.74, 6) is -0.994. The number of nitrogen functional groups attached to an aromatic ring is 1. The van der Waals surface area contributed by atoms with Gasteiger partial charge in [-0.15, -0.1) is 0 Å². The minimum absolute atomic E-state index is 0.0773. The summed E-state index contributed by atoms with van der Waals surface area (Å²) in [5.41, 5.74) is 15.0. The Morgan fingerprint density at radius 2 is 1.41 bits per heavy atom. The molecule has 0 fully saturated rings. The van der Waals surface area contributed by atoms with Gasteiger partial charge in [0.1, 0.15) is 11.5 Å². The SMILES string of the molecule is Cc1c(CC(N)=O)c(CCc2ccccc2)c(NS(=O)(=O)Cc2ccccc2)c(=O)n1Cc1ccc(C(=N)N)cc1. The number of amidine groups is 1. The van der Waals surface area contributed by atoms with Crippen molar-refractivity contribution >= 4 is 27.5 Å². The molecule has 10 heteroatoms. The van der Waals surface area contributed by atoms with Crippen LogP contribution in [0.5, 0.6) is 0 Å². The number of aromatic nitrogens is 1. The number of nitrogens with one attached hydrogen (secondary N) is 2. The largest absolute Gasteiger partial charge is 0.384 e. The van der Waals surface area contributed by atoms with Gasteiger partial charge in [0.2, 0.25) is 15.9 Å². The summed E-state index contributed by atoms with van der Waals surface area (Å²) < 4.78 is 30.7. The number of nitrogens with zero attached hydrogens (tertiary/aromatic N) is 1. The van der Waals surface area contributed by atoms with Crippen LogP contribution in [0.25, 0.3) is 0 Å². The molecule has 0 bridgehead atoms. The van der Waals surface area contributed by atoms with E-state index in [1.54, 1.807) is 61.5 Å². The Labute approximate surface area is 239 Å². The molecule has 0 atom stereocenters. The number of hydrogen-bond donors (Lipinski definition) is 4. The molecular weight excluding hydrogens is 538 g/mol. The molecule has 0 spiro atoms. The average Bonchev–Trinajstić information content (AvgIpc) is 2.94. The molecule has 0 aliphatic heterocycles. The fourth-order valence-electron chi connectivity index (χ4n) is 4.80. The van der Waals surface area contributed by atoms with Crippen molar-refractivity contribution in [3.05, 3.63) is 134 Å². The third-order valence-corrected chi connectivity index (χ3v) is 8.12. The van der Waals surface area contributed by atoms with Gasteiger partial charge in [-0.3, -0.25) is 19.7 Å². The molecule has 4 aromatic rings. The maximum Gasteiger partial charge on any atom is 0.275 e. The normalized spacial score (nSPS) is 11.2. The zero-order valence-corrected chi connectivity index (χ0v) is 23.6. The van der Waals surface area contributed by atoms with Gasteiger partial charge >= 0.3 is 0 Å². The summed E-state index contributed by atoms with van der Waals surface area (Å²) in [5, 5.41) is 7.62. The van der Waals surface area contributed by atoms with E-state index < -0.39 is 21.5 Å². The summed E-state index contributed by atoms with van der Waals surface area (Å²) in [6.07, 6.45) is 0.683. The first-order valence-corrected chi connectivity index (χ1v) is 14.7. The fourth-order valence-corrected chi connectivity index (χ4v) is 6.03. The Kier molecular flexibility index (Phi) is 9.04. The van der Waals surface area contributed by atoms with Crippen LogP contribution in [-0.2, 0) is 46.4 Å². The number of carbonyl (C=O) groups is 1. The van der Waals surface area contributed by atoms with Gasteiger partial charge in [0.15, 0.2) is 0 Å². The monoisotopic (exact) mass is 571 g/mol. The van der Waals surface area contributed by atoms with Crippen molar-refractivity contribution in [1.82, 2.24) is 4.57 Å². The van der Waals surface area contributed by atoms with Gasteiger partial charge in [-0.05, 0) is 47.6 Å². The molecule has 41 heavy (non-hydrogen) atoms. The van der Waals surface area contributed by atoms with Crippen molar-refractivity contribution in [2.75, 3.05) is 4.72 Å². The molecule has 0 radical (unpaired) electrons. The molecule has 212 valence electrons. The molecule has 6 N–H and O–H groups in total. The quantitative estimate of drug-likeness (QED) is 0.151. The number of aryl methyl sites for hydroxylation is 1. The predicted molar refractivity (Wildman–Crippen MR) is 161 cm³/mol. The predicted octanol–water partition coefficient (Wildman–Crippen LogP) is 3.24. The topological polar surface area (TPSA) is 161 Å². The van der Waals surface area contributed by atoms with Crippen LogP contribution in [0.15, 0.2) is 89.7 Å². The van der Waals surface area contributed by atoms with Crippen LogP contribution in [0.3, 0.4) is 0 Å². The number of hydrogen-bond acceptors (Lipinski definition) is 5. The van der Waals surface area contributed by atoms with E-state index in [1.165, 1.54) is 4.57 Å². The van der Waals surface area contributed by atoms with Crippen LogP contribution in [0.4, 0.5) is 5.69 Å². The number of pyridine rings is 1. The third kappa shape index (κ3) is 7.49. The van der Waals surface area contributed by atoms with Crippen LogP contribution in [0.1, 0.15) is 39.1 Å². The number of benzene rings is 3. The number of rotatable bonds is 12. The lowest BCUT2D eigenvalue weighted by Gasteiger charge is -2.22. The Morgan fingerprint density at radius 3 is 1.98 bits per heavy atom. The zero-order chi connectivity index (χ0) is 29.6. The van der Waals surface area contributed by atoms with Crippen LogP contribution < -0.4 is 21.7 Å². The smallest absolute Gasteiger partial charge is 0.275 e. The summed E-state index contributed by atoms with van der Waals surface area (Å²) in [4.78, 5) is 26.2. The fraction of sp³-hybridized carbons (Fsp3) is 0.194. The standard InChI is InChI=1S/C31H33N5O4S/c1-21-27(18-28(32)37)26(17-14-22-8-4-2-5-9-22)29(35-41(39,40)20-24-10-6-3-7-11-24)31(38)36(21)19-23-12-15-25(16-13-23)30(33)34/h2-13,15-16,35H,14,17-20H2,1H3,(H2,32,37)(H3,33,34). The highest BCUT2D eigenvalue weighted by Crippen LogP contribution is 2.25. The summed E-state index contributed by atoms with van der Waals surface area (Å²) >= 11 is 0. The zero-order valence-electron chi connectivity index (χ0n) is 22.8. The third-order valence-electron chi connectivity index (χ3n) is 6.89. The van der Waals surface area contributed by atoms with Gasteiger partial charge in [0.25, 0.3) is 5.56 Å². The molecule has 1 heterocycles. The van der Waals surface area contributed by atoms with Crippen molar-refractivity contribution in [1.29, 1.82) is 5.41 Å². The second-order valence-electron chi connectivity index (χ2n) is 9.89. The highest BCUT2D eigenvalue weighted by atomic mass is 32.2. The number of sulfonamides is 1. The van der Waals surface area contributed by atoms with Crippen LogP contribution in [-0.4, -0.2) is 24.7 Å². The molecule has 0 saturated carbocycles. The Bertz CT molecular complexity index is 1720. The molecule has 3 aromatic carbocycles. The highest BCUT2D eigenvalue weighted by molar-refractivity contribution is 7.91. The first kappa shape index (κ1) is 29.3. The minimum atomic E-state index is -4.00. The van der Waals surface area contributed by atoms with Crippen molar-refractivity contribution in [2.45, 2.75) is 38.5 Å². The van der Waals surface area contributed by atoms with E-state index in [0.29, 0.717) is 40.8 Å². The number of anilines is 1. The number of nitrogens with two attached hydrogens (primary N) is 2. The van der Waals surface area contributed by atoms with Crippen molar-refractivity contribution in [3.8, 4) is 0 Å². The first-order chi connectivity index (χ1) is 19.5. The van der Waals surface area contributed by atoms with E-state index >= 15 is 0 Å². The van der Waals surface area contributed by atoms with Crippen LogP contribution in [0, 0.1) is 12.3 Å². The molecule has 0 saturated heterocycles. The van der Waals surface area contributed by atoms with Gasteiger partial charge in [-0.1, -0.05) is 84.9 Å². The molecule has 1 amide bonds. The molecule has 1 aromatic heterocycles. The van der Waals surface area contributed by atoms with Gasteiger partial charge < -0.3 is 16.0 Å². The minimum Gasteiger partial charge on any atom is -0.384 e. The van der Waals surface area contributed by atoms with Crippen molar-refractivity contribution in [3.63, 3.8) is 0 Å². The number of carbonyl (C=O) groups excluding carboxylic acids is 1. The summed E-state index contributed by atoms with van der Waals surface area (Å²) in [7, 11) is -4.00. The van der Waals surface area contributed by atoms with Crippen LogP contribution >= 0.6 is 0 Å². The summed E-state index contributed by atoms with van der Waals surface area (Å²) in [6.45, 7) is 1.85. The lowest BCUT2D eigenvalue weighted by atomic mass is 9.95. The number of primary amides is 1. The second kappa shape index (κ2) is 12.6. The van der Waals surface area contributed by atoms with Crippen molar-refractivity contribution < 1.29 is 13.2 Å². The summed E-state index contributed by atoms with van der Waals surface area (Å²) in [6, 6.07) is 25.2. The molecular formula is C31H33N5O4S. The van der Waals surface area contributed by atoms with Gasteiger partial charge in [-0.2, -0.15) is 0 Å². The van der Waals surface area contributed by atoms with E-state index in [1.807, 2.05) is 30.3 Å². The molecule has 0 aliphatic rings. The van der Waals surface area contributed by atoms with Gasteiger partial charge in [0.05, 0.1) is 18.7 Å². The maximum atomic E-state index is 14.0. The lowest BCUT2D eigenvalue weighted by molar-refractivity contribution is -0.117. The number of amides is 1. The molecule has 0 unspecified atom stereocenters. The first-order valence-electron chi connectivity index (χ1n) is 13.1. The maximum absolute atomic E-state index is 14.0. The highest BCUT2D eigenvalue weighted by Gasteiger charge is 2.24. The molecule has 0 aliphatic carbocycles. The van der Waals surface area contributed by atoms with Gasteiger partial charge in [-0.25, -0.2) is 8.42 Å². The van der Waals surface area contributed by atoms with E-state index in [9.17, 15) is 18.0 Å². The van der Waals surface area contributed by atoms with Crippen molar-refractivity contribution in [2.24, 2.45) is 11.5 Å². The van der Waals surface area contributed by atoms with Gasteiger partial charge in [0, 0.05) is 11.3 Å². The second-order valence-corrected chi connectivity index (χ2v) is 11.6. The van der Waals surface area contributed by atoms with E-state index in [4.69, 9.17) is 16.9 Å². The lowest BCUT2D eigenvalue weighted by Crippen LogP contribution is -2.32. The Hall–Kier alpha value is -4.70.